The van der Waals surface area contributed by atoms with Crippen LogP contribution in [0, 0.1) is 17.8 Å². The summed E-state index contributed by atoms with van der Waals surface area (Å²) in [5.41, 5.74) is -1.93. The molecule has 0 saturated carbocycles. The molecule has 3 fully saturated rings. The standard InChI is InChI=1S/C26H42N2O6/c1-8-13-27(17(6)7)23(31)21-26-12-11-25(9-2,34-26)20(24(32)33-10-3)19(26)22(30)28(21)18(15-29)14-16(4)5/h8,16-21,29H,1,9-15H2,2-7H3/t18-,19+,20-,21?,25+,26?/m1/s1. The highest BCUT2D eigenvalue weighted by Crippen LogP contribution is 2.65. The number of fused-ring (bicyclic) bond motifs is 1. The first-order valence-electron chi connectivity index (χ1n) is 12.8. The largest absolute Gasteiger partial charge is 0.466 e. The Labute approximate surface area is 203 Å². The predicted octanol–water partition coefficient (Wildman–Crippen LogP) is 2.53. The highest BCUT2D eigenvalue weighted by Gasteiger charge is 2.79. The van der Waals surface area contributed by atoms with Crippen molar-refractivity contribution in [1.82, 2.24) is 9.80 Å². The Morgan fingerprint density at radius 1 is 1.29 bits per heavy atom. The summed E-state index contributed by atoms with van der Waals surface area (Å²) in [6.07, 6.45) is 3.87. The lowest BCUT2D eigenvalue weighted by molar-refractivity contribution is -0.163. The Morgan fingerprint density at radius 2 is 1.97 bits per heavy atom. The lowest BCUT2D eigenvalue weighted by Gasteiger charge is -2.41. The van der Waals surface area contributed by atoms with Gasteiger partial charge in [0.15, 0.2) is 0 Å². The highest BCUT2D eigenvalue weighted by atomic mass is 16.6. The molecule has 0 aromatic carbocycles. The van der Waals surface area contributed by atoms with Crippen LogP contribution in [0.2, 0.25) is 0 Å². The number of ether oxygens (including phenoxy) is 2. The number of likely N-dealkylation sites (tertiary alicyclic amines) is 1. The van der Waals surface area contributed by atoms with Crippen molar-refractivity contribution < 1.29 is 29.0 Å². The summed E-state index contributed by atoms with van der Waals surface area (Å²) in [6.45, 7) is 15.7. The lowest BCUT2D eigenvalue weighted by atomic mass is 9.65. The normalized spacial score (nSPS) is 32.9. The highest BCUT2D eigenvalue weighted by molar-refractivity contribution is 5.98. The number of amides is 2. The first-order chi connectivity index (χ1) is 16.0. The number of hydrogen-bond acceptors (Lipinski definition) is 6. The Balaban J connectivity index is 2.17. The molecule has 0 radical (unpaired) electrons. The van der Waals surface area contributed by atoms with Gasteiger partial charge < -0.3 is 24.4 Å². The third-order valence-electron chi connectivity index (χ3n) is 7.97. The van der Waals surface area contributed by atoms with Crippen molar-refractivity contribution in [2.45, 2.75) is 96.6 Å². The van der Waals surface area contributed by atoms with Crippen molar-refractivity contribution in [3.05, 3.63) is 12.7 Å². The van der Waals surface area contributed by atoms with E-state index in [0.717, 1.165) is 0 Å². The maximum absolute atomic E-state index is 14.2. The van der Waals surface area contributed by atoms with Crippen molar-refractivity contribution in [1.29, 1.82) is 0 Å². The molecule has 1 spiro atoms. The van der Waals surface area contributed by atoms with Crippen molar-refractivity contribution in [3.8, 4) is 0 Å². The summed E-state index contributed by atoms with van der Waals surface area (Å²) in [7, 11) is 0. The van der Waals surface area contributed by atoms with Gasteiger partial charge in [-0.15, -0.1) is 6.58 Å². The van der Waals surface area contributed by atoms with Crippen molar-refractivity contribution in [2.24, 2.45) is 17.8 Å². The molecule has 34 heavy (non-hydrogen) atoms. The molecule has 8 heteroatoms. The van der Waals surface area contributed by atoms with Crippen LogP contribution in [0.15, 0.2) is 12.7 Å². The second kappa shape index (κ2) is 9.97. The number of nitrogens with zero attached hydrogens (tertiary/aromatic N) is 2. The van der Waals surface area contributed by atoms with E-state index in [2.05, 4.69) is 6.58 Å². The van der Waals surface area contributed by atoms with E-state index >= 15 is 0 Å². The number of rotatable bonds is 11. The smallest absolute Gasteiger partial charge is 0.312 e. The Kier molecular flexibility index (Phi) is 7.82. The average Bonchev–Trinajstić information content (AvgIpc) is 3.39. The van der Waals surface area contributed by atoms with Crippen LogP contribution in [0.25, 0.3) is 0 Å². The van der Waals surface area contributed by atoms with Crippen molar-refractivity contribution in [3.63, 3.8) is 0 Å². The van der Waals surface area contributed by atoms with Gasteiger partial charge in [-0.2, -0.15) is 0 Å². The quantitative estimate of drug-likeness (QED) is 0.362. The maximum Gasteiger partial charge on any atom is 0.312 e. The monoisotopic (exact) mass is 478 g/mol. The average molecular weight is 479 g/mol. The molecule has 3 saturated heterocycles. The van der Waals surface area contributed by atoms with Gasteiger partial charge in [-0.1, -0.05) is 26.8 Å². The molecule has 2 bridgehead atoms. The summed E-state index contributed by atoms with van der Waals surface area (Å²) in [4.78, 5) is 44.8. The second-order valence-electron chi connectivity index (χ2n) is 10.7. The summed E-state index contributed by atoms with van der Waals surface area (Å²) in [6, 6.07) is -1.56. The van der Waals surface area contributed by atoms with Gasteiger partial charge in [0.1, 0.15) is 17.6 Å². The predicted molar refractivity (Wildman–Crippen MR) is 128 cm³/mol. The van der Waals surface area contributed by atoms with Crippen LogP contribution < -0.4 is 0 Å². The number of aliphatic hydroxyl groups excluding tert-OH is 1. The molecule has 6 atom stereocenters. The van der Waals surface area contributed by atoms with Gasteiger partial charge >= 0.3 is 5.97 Å². The molecule has 2 amide bonds. The van der Waals surface area contributed by atoms with E-state index in [4.69, 9.17) is 9.47 Å². The topological polar surface area (TPSA) is 96.4 Å². The van der Waals surface area contributed by atoms with Gasteiger partial charge in [0, 0.05) is 12.6 Å². The molecular formula is C26H42N2O6. The van der Waals surface area contributed by atoms with Gasteiger partial charge in [-0.05, 0) is 52.4 Å². The minimum atomic E-state index is -1.11. The number of esters is 1. The molecule has 0 aliphatic carbocycles. The van der Waals surface area contributed by atoms with Crippen LogP contribution in [-0.4, -0.2) is 81.8 Å². The fourth-order valence-corrected chi connectivity index (χ4v) is 6.59. The molecule has 0 aromatic heterocycles. The van der Waals surface area contributed by atoms with E-state index < -0.39 is 41.1 Å². The van der Waals surface area contributed by atoms with E-state index in [9.17, 15) is 19.5 Å². The number of carbonyl (C=O) groups is 3. The number of aliphatic hydroxyl groups is 1. The van der Waals surface area contributed by atoms with Crippen LogP contribution in [0.5, 0.6) is 0 Å². The van der Waals surface area contributed by atoms with E-state index in [1.165, 1.54) is 0 Å². The van der Waals surface area contributed by atoms with Gasteiger partial charge in [0.2, 0.25) is 11.8 Å². The zero-order valence-corrected chi connectivity index (χ0v) is 21.6. The van der Waals surface area contributed by atoms with Gasteiger partial charge in [0.05, 0.1) is 30.8 Å². The molecule has 3 heterocycles. The Morgan fingerprint density at radius 3 is 2.47 bits per heavy atom. The van der Waals surface area contributed by atoms with Crippen molar-refractivity contribution >= 4 is 17.8 Å². The molecular weight excluding hydrogens is 436 g/mol. The molecule has 0 aromatic rings. The zero-order chi connectivity index (χ0) is 25.4. The van der Waals surface area contributed by atoms with E-state index in [1.54, 1.807) is 22.8 Å². The minimum Gasteiger partial charge on any atom is -0.466 e. The van der Waals surface area contributed by atoms with Gasteiger partial charge in [0.25, 0.3) is 0 Å². The van der Waals surface area contributed by atoms with Crippen LogP contribution in [-0.2, 0) is 23.9 Å². The first kappa shape index (κ1) is 26.7. The summed E-state index contributed by atoms with van der Waals surface area (Å²) >= 11 is 0. The van der Waals surface area contributed by atoms with E-state index in [1.807, 2.05) is 34.6 Å². The van der Waals surface area contributed by atoms with E-state index in [-0.39, 0.29) is 37.0 Å². The van der Waals surface area contributed by atoms with E-state index in [0.29, 0.717) is 32.2 Å². The van der Waals surface area contributed by atoms with Crippen LogP contribution in [0.4, 0.5) is 0 Å². The summed E-state index contributed by atoms with van der Waals surface area (Å²) < 4.78 is 12.1. The van der Waals surface area contributed by atoms with Crippen molar-refractivity contribution in [2.75, 3.05) is 19.8 Å². The van der Waals surface area contributed by atoms with Crippen LogP contribution >= 0.6 is 0 Å². The summed E-state index contributed by atoms with van der Waals surface area (Å²) in [5, 5.41) is 10.3. The third-order valence-corrected chi connectivity index (χ3v) is 7.97. The molecule has 2 unspecified atom stereocenters. The molecule has 1 N–H and O–H groups in total. The summed E-state index contributed by atoms with van der Waals surface area (Å²) in [5.74, 6) is -2.29. The fraction of sp³-hybridized carbons (Fsp3) is 0.808. The SMILES string of the molecule is C=CCN(C(=O)C1N([C@@H](CO)CC(C)C)C(=O)[C@@H]2[C@H](C(=O)OCC)[C@]3(CC)CCC12O3)C(C)C. The minimum absolute atomic E-state index is 0.116. The Bertz CT molecular complexity index is 813. The molecule has 3 aliphatic heterocycles. The first-order valence-corrected chi connectivity index (χ1v) is 12.8. The van der Waals surface area contributed by atoms with Crippen LogP contribution in [0.3, 0.4) is 0 Å². The van der Waals surface area contributed by atoms with Gasteiger partial charge in [-0.3, -0.25) is 14.4 Å². The molecule has 8 nitrogen and oxygen atoms in total. The van der Waals surface area contributed by atoms with Crippen LogP contribution in [0.1, 0.15) is 67.2 Å². The zero-order valence-electron chi connectivity index (χ0n) is 21.6. The number of carbonyl (C=O) groups excluding carboxylic acids is 3. The fourth-order valence-electron chi connectivity index (χ4n) is 6.59. The number of hydrogen-bond donors (Lipinski definition) is 1. The van der Waals surface area contributed by atoms with Gasteiger partial charge in [-0.25, -0.2) is 0 Å². The molecule has 3 rings (SSSR count). The lowest BCUT2D eigenvalue weighted by Crippen LogP contribution is -2.60. The maximum atomic E-state index is 14.2. The Hall–Kier alpha value is -1.93. The molecule has 3 aliphatic rings. The second-order valence-corrected chi connectivity index (χ2v) is 10.7. The molecule has 192 valence electrons. The third kappa shape index (κ3) is 3.96.